The van der Waals surface area contributed by atoms with Crippen LogP contribution in [0.5, 0.6) is 0 Å². The van der Waals surface area contributed by atoms with Crippen molar-refractivity contribution in [2.45, 2.75) is 30.4 Å². The van der Waals surface area contributed by atoms with Crippen LogP contribution in [-0.4, -0.2) is 36.2 Å². The molecule has 12 heteroatoms. The normalized spacial score (nSPS) is 15.1. The average Bonchev–Trinajstić information content (AvgIpc) is 2.11. The first-order valence-corrected chi connectivity index (χ1v) is 3.63. The summed E-state index contributed by atoms with van der Waals surface area (Å²) in [6, 6.07) is 0. The third-order valence-corrected chi connectivity index (χ3v) is 1.72. The number of carbonyl (C=O) groups excluding carboxylic acids is 1. The van der Waals surface area contributed by atoms with Gasteiger partial charge in [-0.2, -0.15) is 35.1 Å². The third-order valence-electron chi connectivity index (χ3n) is 1.72. The van der Waals surface area contributed by atoms with Gasteiger partial charge in [-0.05, 0) is 0 Å². The number of alkyl halides is 11. The van der Waals surface area contributed by atoms with Crippen LogP contribution in [0, 0.1) is 0 Å². The van der Waals surface area contributed by atoms with E-state index in [1.54, 1.807) is 0 Å². The fourth-order valence-electron chi connectivity index (χ4n) is 0.824. The first-order chi connectivity index (χ1) is 7.60. The topological polar surface area (TPSA) is 17.1 Å². The number of hydrogen-bond donors (Lipinski definition) is 0. The van der Waals surface area contributed by atoms with Crippen molar-refractivity contribution in [1.82, 2.24) is 0 Å². The Balaban J connectivity index is 6.01. The minimum Gasteiger partial charge on any atom is -0.286 e. The van der Waals surface area contributed by atoms with Crippen LogP contribution in [0.2, 0.25) is 0 Å². The Morgan fingerprint density at radius 1 is 0.722 bits per heavy atom. The van der Waals surface area contributed by atoms with Gasteiger partial charge >= 0.3 is 30.4 Å². The molecule has 0 aromatic rings. The van der Waals surface area contributed by atoms with Crippen molar-refractivity contribution in [3.63, 3.8) is 0 Å². The van der Waals surface area contributed by atoms with Crippen molar-refractivity contribution >= 4 is 5.78 Å². The zero-order chi connectivity index (χ0) is 15.2. The number of ketones is 1. The van der Waals surface area contributed by atoms with Crippen molar-refractivity contribution < 1.29 is 53.1 Å². The average molecular weight is 298 g/mol. The summed E-state index contributed by atoms with van der Waals surface area (Å²) in [5.74, 6) is -11.1. The molecule has 0 aliphatic heterocycles. The van der Waals surface area contributed by atoms with E-state index in [9.17, 15) is 53.1 Å². The zero-order valence-electron chi connectivity index (χ0n) is 7.64. The van der Waals surface area contributed by atoms with Crippen molar-refractivity contribution in [2.24, 2.45) is 0 Å². The predicted octanol–water partition coefficient (Wildman–Crippen LogP) is 3.29. The summed E-state index contributed by atoms with van der Waals surface area (Å²) in [4.78, 5) is 9.96. The molecule has 0 unspecified atom stereocenters. The van der Waals surface area contributed by atoms with Gasteiger partial charge in [0.05, 0.1) is 0 Å². The van der Waals surface area contributed by atoms with Gasteiger partial charge in [-0.15, -0.1) is 0 Å². The van der Waals surface area contributed by atoms with Crippen LogP contribution in [0.15, 0.2) is 0 Å². The number of rotatable bonds is 3. The zero-order valence-corrected chi connectivity index (χ0v) is 7.64. The van der Waals surface area contributed by atoms with Gasteiger partial charge in [0, 0.05) is 0 Å². The molecule has 0 atom stereocenters. The molecule has 0 saturated carbocycles. The lowest BCUT2D eigenvalue weighted by Crippen LogP contribution is -2.68. The number of hydrogen-bond acceptors (Lipinski definition) is 1. The van der Waals surface area contributed by atoms with Crippen molar-refractivity contribution in [3.8, 4) is 0 Å². The Labute approximate surface area is 90.5 Å². The molecule has 0 aliphatic carbocycles. The molecule has 0 aromatic carbocycles. The van der Waals surface area contributed by atoms with E-state index < -0.39 is 36.2 Å². The second-order valence-electron chi connectivity index (χ2n) is 2.89. The van der Waals surface area contributed by atoms with E-state index >= 15 is 0 Å². The number of carbonyl (C=O) groups is 1. The van der Waals surface area contributed by atoms with Gasteiger partial charge in [-0.3, -0.25) is 4.79 Å². The summed E-state index contributed by atoms with van der Waals surface area (Å²) in [6.07, 6.45) is -19.5. The maximum atomic E-state index is 12.6. The number of halogens is 11. The lowest BCUT2D eigenvalue weighted by atomic mass is 9.92. The molecule has 0 bridgehead atoms. The summed E-state index contributed by atoms with van der Waals surface area (Å²) in [5, 5.41) is 0. The molecule has 0 saturated heterocycles. The van der Waals surface area contributed by atoms with Crippen LogP contribution >= 0.6 is 0 Å². The van der Waals surface area contributed by atoms with Crippen molar-refractivity contribution in [2.75, 3.05) is 0 Å². The molecule has 18 heavy (non-hydrogen) atoms. The van der Waals surface area contributed by atoms with Gasteiger partial charge < -0.3 is 0 Å². The minimum atomic E-state index is -7.39. The van der Waals surface area contributed by atoms with E-state index in [0.717, 1.165) is 0 Å². The van der Waals surface area contributed by atoms with Gasteiger partial charge in [0.2, 0.25) is 0 Å². The molecule has 0 rings (SSSR count). The summed E-state index contributed by atoms with van der Waals surface area (Å²) < 4.78 is 131. The van der Waals surface area contributed by atoms with E-state index in [1.165, 1.54) is 0 Å². The molecule has 0 aliphatic rings. The van der Waals surface area contributed by atoms with Crippen LogP contribution in [-0.2, 0) is 4.79 Å². The predicted molar refractivity (Wildman–Crippen MR) is 31.9 cm³/mol. The Kier molecular flexibility index (Phi) is 3.97. The molecule has 0 aromatic heterocycles. The SMILES string of the molecule is O=C(C(F)F)C(F)(F)C(F)(C(F)(F)F)C(F)(F)F. The van der Waals surface area contributed by atoms with E-state index in [2.05, 4.69) is 0 Å². The molecular weight excluding hydrogens is 297 g/mol. The van der Waals surface area contributed by atoms with E-state index in [-0.39, 0.29) is 0 Å². The second kappa shape index (κ2) is 4.23. The fraction of sp³-hybridized carbons (Fsp3) is 0.833. The maximum absolute atomic E-state index is 12.6. The Bertz CT molecular complexity index is 309. The molecular formula is C6HF11O. The highest BCUT2D eigenvalue weighted by atomic mass is 19.4. The van der Waals surface area contributed by atoms with Gasteiger partial charge in [-0.25, -0.2) is 13.2 Å². The summed E-state index contributed by atoms with van der Waals surface area (Å²) in [7, 11) is 0. The van der Waals surface area contributed by atoms with Gasteiger partial charge in [0.25, 0.3) is 5.78 Å². The fourth-order valence-corrected chi connectivity index (χ4v) is 0.824. The molecule has 1 nitrogen and oxygen atoms in total. The van der Waals surface area contributed by atoms with E-state index in [1.807, 2.05) is 0 Å². The standard InChI is InChI=1S/C6HF11O/c7-2(8)1(18)3(9,10)4(11,5(12,13)14)6(15,16)17/h2H. The summed E-state index contributed by atoms with van der Waals surface area (Å²) in [6.45, 7) is 0. The minimum absolute atomic E-state index is 4.11. The highest BCUT2D eigenvalue weighted by molar-refractivity contribution is 5.90. The molecule has 0 heterocycles. The largest absolute Gasteiger partial charge is 0.438 e. The Morgan fingerprint density at radius 2 is 1.00 bits per heavy atom. The van der Waals surface area contributed by atoms with Crippen LogP contribution in [0.4, 0.5) is 48.3 Å². The Morgan fingerprint density at radius 3 is 1.17 bits per heavy atom. The Hall–Kier alpha value is -1.10. The van der Waals surface area contributed by atoms with Crippen LogP contribution < -0.4 is 0 Å². The highest BCUT2D eigenvalue weighted by Gasteiger charge is 2.86. The first kappa shape index (κ1) is 16.9. The lowest BCUT2D eigenvalue weighted by Gasteiger charge is -2.34. The summed E-state index contributed by atoms with van der Waals surface area (Å²) >= 11 is 0. The quantitative estimate of drug-likeness (QED) is 0.731. The monoisotopic (exact) mass is 298 g/mol. The molecule has 0 amide bonds. The molecule has 0 spiro atoms. The van der Waals surface area contributed by atoms with Crippen molar-refractivity contribution in [3.05, 3.63) is 0 Å². The van der Waals surface area contributed by atoms with Crippen molar-refractivity contribution in [1.29, 1.82) is 0 Å². The van der Waals surface area contributed by atoms with E-state index in [4.69, 9.17) is 0 Å². The smallest absolute Gasteiger partial charge is 0.286 e. The third kappa shape index (κ3) is 2.23. The number of Topliss-reactive ketones (excluding diaryl/α,β-unsaturated/α-hetero) is 1. The van der Waals surface area contributed by atoms with E-state index in [0.29, 0.717) is 0 Å². The van der Waals surface area contributed by atoms with Gasteiger partial charge in [-0.1, -0.05) is 0 Å². The lowest BCUT2D eigenvalue weighted by molar-refractivity contribution is -0.388. The molecule has 0 N–H and O–H groups in total. The van der Waals surface area contributed by atoms with Crippen LogP contribution in [0.25, 0.3) is 0 Å². The first-order valence-electron chi connectivity index (χ1n) is 3.63. The molecule has 0 radical (unpaired) electrons. The highest BCUT2D eigenvalue weighted by Crippen LogP contribution is 2.55. The molecule has 0 fully saturated rings. The van der Waals surface area contributed by atoms with Gasteiger partial charge in [0.1, 0.15) is 0 Å². The summed E-state index contributed by atoms with van der Waals surface area (Å²) in [5.41, 5.74) is -7.39. The molecule has 108 valence electrons. The van der Waals surface area contributed by atoms with Crippen LogP contribution in [0.3, 0.4) is 0 Å². The van der Waals surface area contributed by atoms with Crippen LogP contribution in [0.1, 0.15) is 0 Å². The van der Waals surface area contributed by atoms with Gasteiger partial charge in [0.15, 0.2) is 0 Å². The second-order valence-corrected chi connectivity index (χ2v) is 2.89. The maximum Gasteiger partial charge on any atom is 0.438 e.